The Morgan fingerprint density at radius 2 is 1.71 bits per heavy atom. The highest BCUT2D eigenvalue weighted by molar-refractivity contribution is 5.48. The van der Waals surface area contributed by atoms with Crippen molar-refractivity contribution in [2.24, 2.45) is 11.8 Å². The minimum absolute atomic E-state index is 0.675. The molecule has 6 heteroatoms. The minimum atomic E-state index is 0.675. The summed E-state index contributed by atoms with van der Waals surface area (Å²) in [6, 6.07) is 4.33. The Bertz CT molecular complexity index is 727. The zero-order chi connectivity index (χ0) is 16.1. The van der Waals surface area contributed by atoms with Crippen molar-refractivity contribution in [2.75, 3.05) is 36.0 Å². The molecule has 2 atom stereocenters. The number of rotatable bonds is 3. The van der Waals surface area contributed by atoms with Gasteiger partial charge < -0.3 is 9.80 Å². The molecular weight excluding hydrogens is 300 g/mol. The number of hydrogen-bond acceptors (Lipinski definition) is 6. The van der Waals surface area contributed by atoms with E-state index in [0.29, 0.717) is 17.8 Å². The maximum absolute atomic E-state index is 4.48. The first-order valence-corrected chi connectivity index (χ1v) is 8.88. The number of fused-ring (bicyclic) bond motifs is 1. The lowest BCUT2D eigenvalue weighted by atomic mass is 10.0. The Morgan fingerprint density at radius 1 is 0.958 bits per heavy atom. The maximum atomic E-state index is 4.48. The van der Waals surface area contributed by atoms with E-state index >= 15 is 0 Å². The summed E-state index contributed by atoms with van der Waals surface area (Å²) < 4.78 is 0. The van der Waals surface area contributed by atoms with Gasteiger partial charge in [0.2, 0.25) is 0 Å². The molecule has 24 heavy (non-hydrogen) atoms. The summed E-state index contributed by atoms with van der Waals surface area (Å²) in [5, 5.41) is 8.92. The average molecular weight is 322 g/mol. The lowest BCUT2D eigenvalue weighted by molar-refractivity contribution is 0.533. The fourth-order valence-corrected chi connectivity index (χ4v) is 4.18. The van der Waals surface area contributed by atoms with Crippen LogP contribution in [-0.4, -0.2) is 46.3 Å². The molecule has 4 heterocycles. The van der Waals surface area contributed by atoms with Crippen molar-refractivity contribution >= 4 is 11.6 Å². The first kappa shape index (κ1) is 14.1. The van der Waals surface area contributed by atoms with Crippen LogP contribution in [0.3, 0.4) is 0 Å². The van der Waals surface area contributed by atoms with Crippen LogP contribution in [0.25, 0.3) is 0 Å². The summed E-state index contributed by atoms with van der Waals surface area (Å²) in [6.07, 6.45) is 6.11. The molecule has 1 aliphatic carbocycles. The van der Waals surface area contributed by atoms with Gasteiger partial charge in [0.15, 0.2) is 5.82 Å². The Morgan fingerprint density at radius 3 is 2.33 bits per heavy atom. The lowest BCUT2D eigenvalue weighted by Crippen LogP contribution is -2.30. The molecule has 5 rings (SSSR count). The predicted molar refractivity (Wildman–Crippen MR) is 92.2 cm³/mol. The highest BCUT2D eigenvalue weighted by atomic mass is 15.3. The normalized spacial score (nSPS) is 26.0. The SMILES string of the molecule is Cc1cncnc1N1CC2CN(c3ccc(C4CC4)nn3)CC2C1. The second-order valence-electron chi connectivity index (χ2n) is 7.45. The van der Waals surface area contributed by atoms with E-state index in [9.17, 15) is 0 Å². The molecule has 0 radical (unpaired) electrons. The molecule has 2 aromatic rings. The predicted octanol–water partition coefficient (Wildman–Crippen LogP) is 2.03. The van der Waals surface area contributed by atoms with Crippen molar-refractivity contribution in [3.05, 3.63) is 35.9 Å². The van der Waals surface area contributed by atoms with Gasteiger partial charge in [-0.2, -0.15) is 5.10 Å². The fraction of sp³-hybridized carbons (Fsp3) is 0.556. The van der Waals surface area contributed by atoms with Gasteiger partial charge in [0.1, 0.15) is 12.1 Å². The van der Waals surface area contributed by atoms with Crippen LogP contribution in [0.15, 0.2) is 24.7 Å². The second-order valence-corrected chi connectivity index (χ2v) is 7.45. The van der Waals surface area contributed by atoms with E-state index in [1.54, 1.807) is 6.33 Å². The molecule has 1 saturated carbocycles. The molecule has 3 fully saturated rings. The van der Waals surface area contributed by atoms with E-state index < -0.39 is 0 Å². The molecule has 0 amide bonds. The third kappa shape index (κ3) is 2.41. The van der Waals surface area contributed by atoms with E-state index in [1.807, 2.05) is 6.20 Å². The zero-order valence-corrected chi connectivity index (χ0v) is 14.0. The summed E-state index contributed by atoms with van der Waals surface area (Å²) in [6.45, 7) is 6.39. The Labute approximate surface area is 141 Å². The third-order valence-electron chi connectivity index (χ3n) is 5.64. The number of hydrogen-bond donors (Lipinski definition) is 0. The van der Waals surface area contributed by atoms with E-state index in [1.165, 1.54) is 18.5 Å². The van der Waals surface area contributed by atoms with Crippen molar-refractivity contribution in [3.63, 3.8) is 0 Å². The largest absolute Gasteiger partial charge is 0.356 e. The van der Waals surface area contributed by atoms with Crippen LogP contribution in [0.5, 0.6) is 0 Å². The van der Waals surface area contributed by atoms with Gasteiger partial charge in [-0.25, -0.2) is 9.97 Å². The summed E-state index contributed by atoms with van der Waals surface area (Å²) in [5.74, 6) is 4.18. The maximum Gasteiger partial charge on any atom is 0.151 e. The molecule has 124 valence electrons. The van der Waals surface area contributed by atoms with Gasteiger partial charge in [-0.15, -0.1) is 5.10 Å². The summed E-state index contributed by atoms with van der Waals surface area (Å²) >= 11 is 0. The molecule has 2 aliphatic heterocycles. The topological polar surface area (TPSA) is 58.0 Å². The summed E-state index contributed by atoms with van der Waals surface area (Å²) in [5.41, 5.74) is 2.33. The Kier molecular flexibility index (Phi) is 3.18. The second kappa shape index (κ2) is 5.40. The van der Waals surface area contributed by atoms with Gasteiger partial charge in [0.25, 0.3) is 0 Å². The molecule has 0 bridgehead atoms. The van der Waals surface area contributed by atoms with Crippen LogP contribution in [0.1, 0.15) is 30.0 Å². The van der Waals surface area contributed by atoms with Crippen LogP contribution in [0.2, 0.25) is 0 Å². The van der Waals surface area contributed by atoms with Crippen LogP contribution in [0, 0.1) is 18.8 Å². The van der Waals surface area contributed by atoms with Crippen LogP contribution >= 0.6 is 0 Å². The monoisotopic (exact) mass is 322 g/mol. The number of aromatic nitrogens is 4. The van der Waals surface area contributed by atoms with Crippen molar-refractivity contribution in [3.8, 4) is 0 Å². The van der Waals surface area contributed by atoms with Crippen molar-refractivity contribution < 1.29 is 0 Å². The lowest BCUT2D eigenvalue weighted by Gasteiger charge is -2.23. The first-order chi connectivity index (χ1) is 11.8. The first-order valence-electron chi connectivity index (χ1n) is 8.88. The van der Waals surface area contributed by atoms with E-state index in [0.717, 1.165) is 43.4 Å². The molecule has 3 aliphatic rings. The molecule has 0 N–H and O–H groups in total. The van der Waals surface area contributed by atoms with Crippen molar-refractivity contribution in [1.29, 1.82) is 0 Å². The molecular formula is C18H22N6. The molecule has 2 saturated heterocycles. The minimum Gasteiger partial charge on any atom is -0.356 e. The van der Waals surface area contributed by atoms with Crippen LogP contribution < -0.4 is 9.80 Å². The molecule has 2 aromatic heterocycles. The van der Waals surface area contributed by atoms with Crippen LogP contribution in [-0.2, 0) is 0 Å². The summed E-state index contributed by atoms with van der Waals surface area (Å²) in [4.78, 5) is 13.4. The van der Waals surface area contributed by atoms with Gasteiger partial charge >= 0.3 is 0 Å². The molecule has 0 spiro atoms. The smallest absolute Gasteiger partial charge is 0.151 e. The van der Waals surface area contributed by atoms with Gasteiger partial charge in [-0.05, 0) is 31.9 Å². The summed E-state index contributed by atoms with van der Waals surface area (Å²) in [7, 11) is 0. The van der Waals surface area contributed by atoms with Crippen molar-refractivity contribution in [2.45, 2.75) is 25.7 Å². The highest BCUT2D eigenvalue weighted by Gasteiger charge is 2.41. The molecule has 2 unspecified atom stereocenters. The quantitative estimate of drug-likeness (QED) is 0.862. The standard InChI is InChI=1S/C18H22N6/c1-12-6-19-11-20-18(12)24-9-14-7-23(8-15(14)10-24)17-5-4-16(21-22-17)13-2-3-13/h4-6,11,13-15H,2-3,7-10H2,1H3. The highest BCUT2D eigenvalue weighted by Crippen LogP contribution is 2.39. The number of anilines is 2. The van der Waals surface area contributed by atoms with Gasteiger partial charge in [-0.1, -0.05) is 0 Å². The Hall–Kier alpha value is -2.24. The van der Waals surface area contributed by atoms with E-state index in [-0.39, 0.29) is 0 Å². The molecule has 6 nitrogen and oxygen atoms in total. The van der Waals surface area contributed by atoms with Crippen LogP contribution in [0.4, 0.5) is 11.6 Å². The van der Waals surface area contributed by atoms with Crippen molar-refractivity contribution in [1.82, 2.24) is 20.2 Å². The average Bonchev–Trinajstić information content (AvgIpc) is 3.26. The zero-order valence-electron chi connectivity index (χ0n) is 14.0. The van der Waals surface area contributed by atoms with Gasteiger partial charge in [-0.3, -0.25) is 0 Å². The van der Waals surface area contributed by atoms with Gasteiger partial charge in [0.05, 0.1) is 5.69 Å². The molecule has 0 aromatic carbocycles. The Balaban J connectivity index is 1.27. The third-order valence-corrected chi connectivity index (χ3v) is 5.64. The number of aryl methyl sites for hydroxylation is 1. The number of nitrogens with zero attached hydrogens (tertiary/aromatic N) is 6. The van der Waals surface area contributed by atoms with E-state index in [4.69, 9.17) is 0 Å². The van der Waals surface area contributed by atoms with Gasteiger partial charge in [0, 0.05) is 55.7 Å². The fourth-order valence-electron chi connectivity index (χ4n) is 4.18. The van der Waals surface area contributed by atoms with E-state index in [2.05, 4.69) is 49.0 Å².